The van der Waals surface area contributed by atoms with Gasteiger partial charge in [0.1, 0.15) is 11.6 Å². The van der Waals surface area contributed by atoms with Gasteiger partial charge in [-0.15, -0.1) is 24.0 Å². The zero-order valence-electron chi connectivity index (χ0n) is 18.6. The molecule has 1 heterocycles. The molecule has 1 aliphatic rings. The number of ether oxygens (including phenoxy) is 1. The Morgan fingerprint density at radius 1 is 1.12 bits per heavy atom. The van der Waals surface area contributed by atoms with Crippen LogP contribution in [0.1, 0.15) is 51.0 Å². The minimum Gasteiger partial charge on any atom is -0.439 e. The van der Waals surface area contributed by atoms with Crippen LogP contribution in [0.25, 0.3) is 0 Å². The number of rotatable bonds is 9. The second-order valence-corrected chi connectivity index (χ2v) is 8.14. The lowest BCUT2D eigenvalue weighted by Gasteiger charge is -2.37. The van der Waals surface area contributed by atoms with E-state index in [1.54, 1.807) is 24.4 Å². The smallest absolute Gasteiger partial charge is 0.219 e. The molecular weight excluding hydrogens is 522 g/mol. The molecular formula is C24H34FIN4O2. The van der Waals surface area contributed by atoms with Crippen LogP contribution in [0.3, 0.4) is 0 Å². The number of nitrogens with zero attached hydrogens (tertiary/aromatic N) is 2. The third-order valence-corrected chi connectivity index (χ3v) is 5.78. The van der Waals surface area contributed by atoms with Gasteiger partial charge in [-0.05, 0) is 61.4 Å². The zero-order valence-corrected chi connectivity index (χ0v) is 21.0. The Morgan fingerprint density at radius 2 is 1.88 bits per heavy atom. The maximum absolute atomic E-state index is 13.0. The molecule has 1 aromatic heterocycles. The summed E-state index contributed by atoms with van der Waals surface area (Å²) < 4.78 is 18.6. The van der Waals surface area contributed by atoms with Gasteiger partial charge in [-0.25, -0.2) is 14.4 Å². The van der Waals surface area contributed by atoms with E-state index in [0.717, 1.165) is 43.9 Å². The molecule has 0 bridgehead atoms. The van der Waals surface area contributed by atoms with Crippen molar-refractivity contribution >= 4 is 29.9 Å². The monoisotopic (exact) mass is 556 g/mol. The molecule has 1 aliphatic carbocycles. The topological polar surface area (TPSA) is 78.8 Å². The van der Waals surface area contributed by atoms with E-state index in [1.807, 2.05) is 13.0 Å². The third-order valence-electron chi connectivity index (χ3n) is 5.78. The molecule has 0 atom stereocenters. The van der Waals surface area contributed by atoms with E-state index in [2.05, 4.69) is 15.6 Å². The number of halogens is 2. The van der Waals surface area contributed by atoms with E-state index >= 15 is 0 Å². The van der Waals surface area contributed by atoms with Crippen LogP contribution in [0.5, 0.6) is 11.6 Å². The zero-order chi connectivity index (χ0) is 21.9. The van der Waals surface area contributed by atoms with Crippen LogP contribution in [-0.2, 0) is 6.54 Å². The number of hydrogen-bond acceptors (Lipinski definition) is 4. The summed E-state index contributed by atoms with van der Waals surface area (Å²) in [6, 6.07) is 9.55. The van der Waals surface area contributed by atoms with E-state index in [4.69, 9.17) is 9.73 Å². The molecule has 0 amide bonds. The van der Waals surface area contributed by atoms with E-state index < -0.39 is 0 Å². The molecule has 6 nitrogen and oxygen atoms in total. The molecule has 0 aliphatic heterocycles. The van der Waals surface area contributed by atoms with Gasteiger partial charge >= 0.3 is 0 Å². The van der Waals surface area contributed by atoms with E-state index in [1.165, 1.54) is 31.4 Å². The summed E-state index contributed by atoms with van der Waals surface area (Å²) in [6.45, 7) is 4.37. The average Bonchev–Trinajstić information content (AvgIpc) is 2.79. The van der Waals surface area contributed by atoms with Gasteiger partial charge in [-0.3, -0.25) is 0 Å². The highest BCUT2D eigenvalue weighted by Gasteiger charge is 2.31. The maximum Gasteiger partial charge on any atom is 0.219 e. The average molecular weight is 556 g/mol. The molecule has 1 fully saturated rings. The van der Waals surface area contributed by atoms with E-state index in [9.17, 15) is 9.50 Å². The van der Waals surface area contributed by atoms with Crippen LogP contribution >= 0.6 is 24.0 Å². The molecule has 1 aromatic carbocycles. The Labute approximate surface area is 207 Å². The fourth-order valence-electron chi connectivity index (χ4n) is 4.03. The first-order valence-corrected chi connectivity index (χ1v) is 11.1. The predicted octanol–water partition coefficient (Wildman–Crippen LogP) is 5.02. The van der Waals surface area contributed by atoms with E-state index in [-0.39, 0.29) is 41.8 Å². The van der Waals surface area contributed by atoms with E-state index in [0.29, 0.717) is 18.2 Å². The van der Waals surface area contributed by atoms with Gasteiger partial charge in [0.25, 0.3) is 0 Å². The van der Waals surface area contributed by atoms with Gasteiger partial charge in [0, 0.05) is 32.0 Å². The van der Waals surface area contributed by atoms with Gasteiger partial charge in [0.2, 0.25) is 5.88 Å². The minimum absolute atomic E-state index is 0. The van der Waals surface area contributed by atoms with Crippen LogP contribution < -0.4 is 15.4 Å². The normalized spacial score (nSPS) is 15.5. The predicted molar refractivity (Wildman–Crippen MR) is 136 cm³/mol. The number of aliphatic hydroxyl groups is 1. The van der Waals surface area contributed by atoms with Crippen molar-refractivity contribution in [2.75, 3.05) is 19.7 Å². The van der Waals surface area contributed by atoms with Crippen molar-refractivity contribution in [3.8, 4) is 11.6 Å². The van der Waals surface area contributed by atoms with Gasteiger partial charge in [-0.1, -0.05) is 25.3 Å². The molecule has 3 rings (SSSR count). The van der Waals surface area contributed by atoms with Crippen molar-refractivity contribution in [3.05, 3.63) is 54.0 Å². The Bertz CT molecular complexity index is 819. The third kappa shape index (κ3) is 8.20. The lowest BCUT2D eigenvalue weighted by molar-refractivity contribution is 0.131. The fourth-order valence-corrected chi connectivity index (χ4v) is 4.03. The highest BCUT2D eigenvalue weighted by molar-refractivity contribution is 14.0. The molecule has 0 unspecified atom stereocenters. The number of aliphatic imine (C=N–C) groups is 1. The summed E-state index contributed by atoms with van der Waals surface area (Å²) >= 11 is 0. The minimum atomic E-state index is -0.301. The quantitative estimate of drug-likeness (QED) is 0.230. The SMILES string of the molecule is CCNC(=NCc1ccc(Oc2ccc(F)cc2)nc1)NCC1(CCO)CCCCC1.I. The number of hydrogen-bond donors (Lipinski definition) is 3. The molecule has 0 saturated heterocycles. The number of aliphatic hydroxyl groups excluding tert-OH is 1. The second-order valence-electron chi connectivity index (χ2n) is 8.14. The summed E-state index contributed by atoms with van der Waals surface area (Å²) in [7, 11) is 0. The Balaban J connectivity index is 0.00000363. The summed E-state index contributed by atoms with van der Waals surface area (Å²) in [4.78, 5) is 9.01. The standard InChI is InChI=1S/C24H33FN4O2.HI/c1-2-26-23(29-18-24(14-15-30)12-4-3-5-13-24)28-17-19-6-11-22(27-16-19)31-21-9-7-20(25)8-10-21;/h6-11,16,30H,2-5,12-15,17-18H2,1H3,(H2,26,28,29);1H. The van der Waals surface area contributed by atoms with Crippen molar-refractivity contribution in [2.24, 2.45) is 10.4 Å². The summed E-state index contributed by atoms with van der Waals surface area (Å²) in [5, 5.41) is 16.3. The molecule has 2 aromatic rings. The fraction of sp³-hybridized carbons (Fsp3) is 0.500. The molecule has 0 radical (unpaired) electrons. The van der Waals surface area contributed by atoms with Gasteiger partial charge in [0.05, 0.1) is 6.54 Å². The van der Waals surface area contributed by atoms with Crippen LogP contribution in [0.4, 0.5) is 4.39 Å². The number of pyridine rings is 1. The van der Waals surface area contributed by atoms with Crippen molar-refractivity contribution in [3.63, 3.8) is 0 Å². The molecule has 8 heteroatoms. The number of benzene rings is 1. The van der Waals surface area contributed by atoms with Crippen molar-refractivity contribution in [1.82, 2.24) is 15.6 Å². The van der Waals surface area contributed by atoms with Crippen molar-refractivity contribution < 1.29 is 14.2 Å². The second kappa shape index (κ2) is 13.6. The maximum atomic E-state index is 13.0. The summed E-state index contributed by atoms with van der Waals surface area (Å²) in [5.74, 6) is 1.46. The highest BCUT2D eigenvalue weighted by Crippen LogP contribution is 2.38. The lowest BCUT2D eigenvalue weighted by Crippen LogP contribution is -2.44. The van der Waals surface area contributed by atoms with Crippen molar-refractivity contribution in [2.45, 2.75) is 52.0 Å². The Hall–Kier alpha value is -1.94. The molecule has 32 heavy (non-hydrogen) atoms. The first-order chi connectivity index (χ1) is 15.1. The first kappa shape index (κ1) is 26.3. The largest absolute Gasteiger partial charge is 0.439 e. The lowest BCUT2D eigenvalue weighted by atomic mass is 9.72. The Morgan fingerprint density at radius 3 is 2.50 bits per heavy atom. The number of guanidine groups is 1. The number of nitrogens with one attached hydrogen (secondary N) is 2. The van der Waals surface area contributed by atoms with Gasteiger partial charge < -0.3 is 20.5 Å². The van der Waals surface area contributed by atoms with Crippen molar-refractivity contribution in [1.29, 1.82) is 0 Å². The van der Waals surface area contributed by atoms with Gasteiger partial charge in [0.15, 0.2) is 5.96 Å². The van der Waals surface area contributed by atoms with Crippen LogP contribution in [0.2, 0.25) is 0 Å². The summed E-state index contributed by atoms with van der Waals surface area (Å²) in [5.41, 5.74) is 1.12. The van der Waals surface area contributed by atoms with Gasteiger partial charge in [-0.2, -0.15) is 0 Å². The van der Waals surface area contributed by atoms with Crippen LogP contribution in [0.15, 0.2) is 47.6 Å². The molecule has 176 valence electrons. The molecule has 3 N–H and O–H groups in total. The number of aromatic nitrogens is 1. The molecule has 1 saturated carbocycles. The van der Waals surface area contributed by atoms with Crippen LogP contribution in [-0.4, -0.2) is 35.7 Å². The molecule has 0 spiro atoms. The first-order valence-electron chi connectivity index (χ1n) is 11.1. The highest BCUT2D eigenvalue weighted by atomic mass is 127. The van der Waals surface area contributed by atoms with Crippen LogP contribution in [0, 0.1) is 11.2 Å². The summed E-state index contributed by atoms with van der Waals surface area (Å²) in [6.07, 6.45) is 8.62. The Kier molecular flexibility index (Phi) is 11.2.